The van der Waals surface area contributed by atoms with Gasteiger partial charge in [-0.3, -0.25) is 23.4 Å². The average molecular weight is 1030 g/mol. The number of allylic oxidation sites excluding steroid dienone is 12. The molecule has 3 unspecified atom stereocenters. The third-order valence-electron chi connectivity index (χ3n) is 12.1. The van der Waals surface area contributed by atoms with Gasteiger partial charge in [0.15, 0.2) is 6.10 Å². The number of phosphoric ester groups is 1. The minimum absolute atomic E-state index is 0.136. The maximum absolute atomic E-state index is 12.9. The highest BCUT2D eigenvalue weighted by atomic mass is 31.2. The zero-order valence-corrected chi connectivity index (χ0v) is 46.8. The molecule has 0 fully saturated rings. The largest absolute Gasteiger partial charge is 0.472 e. The lowest BCUT2D eigenvalue weighted by Crippen LogP contribution is -2.30. The summed E-state index contributed by atoms with van der Waals surface area (Å²) >= 11 is 0. The van der Waals surface area contributed by atoms with E-state index in [0.717, 1.165) is 128 Å². The molecule has 416 valence electrons. The number of aliphatic hydroxyl groups excluding tert-OH is 1. The summed E-state index contributed by atoms with van der Waals surface area (Å²) in [7, 11) is -4.76. The van der Waals surface area contributed by atoms with Crippen LogP contribution in [0.15, 0.2) is 72.9 Å². The second kappa shape index (κ2) is 54.2. The minimum atomic E-state index is -4.76. The molecule has 0 saturated carbocycles. The van der Waals surface area contributed by atoms with Gasteiger partial charge in [-0.2, -0.15) is 0 Å². The second-order valence-electron chi connectivity index (χ2n) is 19.1. The molecule has 0 bridgehead atoms. The Bertz CT molecular complexity index is 1490. The molecule has 0 saturated heterocycles. The Morgan fingerprint density at radius 1 is 0.403 bits per heavy atom. The maximum Gasteiger partial charge on any atom is 0.472 e. The summed E-state index contributed by atoms with van der Waals surface area (Å²) in [6, 6.07) is 0. The number of phosphoric acid groups is 1. The molecular formula is C60H105O11P. The molecule has 0 aromatic heterocycles. The van der Waals surface area contributed by atoms with Crippen molar-refractivity contribution < 1.29 is 52.2 Å². The number of carbonyl (C=O) groups excluding carboxylic acids is 3. The molecular weight excluding hydrogens is 928 g/mol. The lowest BCUT2D eigenvalue weighted by molar-refractivity contribution is -0.161. The number of unbranched alkanes of at least 4 members (excludes halogenated alkanes) is 24. The van der Waals surface area contributed by atoms with E-state index in [2.05, 4.69) is 93.7 Å². The number of rotatable bonds is 53. The second-order valence-corrected chi connectivity index (χ2v) is 20.5. The maximum atomic E-state index is 12.9. The van der Waals surface area contributed by atoms with Gasteiger partial charge in [0, 0.05) is 19.3 Å². The van der Waals surface area contributed by atoms with Crippen molar-refractivity contribution >= 4 is 25.7 Å². The molecule has 0 aromatic carbocycles. The summed E-state index contributed by atoms with van der Waals surface area (Å²) in [5.41, 5.74) is 0. The number of hydrogen-bond donors (Lipinski definition) is 2. The first-order valence-corrected chi connectivity index (χ1v) is 30.3. The van der Waals surface area contributed by atoms with Crippen molar-refractivity contribution in [3.05, 3.63) is 72.9 Å². The predicted molar refractivity (Wildman–Crippen MR) is 298 cm³/mol. The number of aliphatic hydroxyl groups is 1. The van der Waals surface area contributed by atoms with Crippen LogP contribution in [-0.4, -0.2) is 66.5 Å². The van der Waals surface area contributed by atoms with E-state index in [1.165, 1.54) is 64.2 Å². The molecule has 11 nitrogen and oxygen atoms in total. The van der Waals surface area contributed by atoms with Crippen LogP contribution in [-0.2, 0) is 42.2 Å². The monoisotopic (exact) mass is 1030 g/mol. The molecule has 12 heteroatoms. The summed E-state index contributed by atoms with van der Waals surface area (Å²) in [5.74, 6) is -1.51. The Kier molecular flexibility index (Phi) is 51.9. The van der Waals surface area contributed by atoms with E-state index in [1.54, 1.807) is 0 Å². The van der Waals surface area contributed by atoms with Crippen molar-refractivity contribution in [2.24, 2.45) is 0 Å². The Balaban J connectivity index is 4.77. The van der Waals surface area contributed by atoms with Crippen LogP contribution in [0.3, 0.4) is 0 Å². The summed E-state index contributed by atoms with van der Waals surface area (Å²) < 4.78 is 39.5. The topological polar surface area (TPSA) is 155 Å². The van der Waals surface area contributed by atoms with Crippen molar-refractivity contribution in [3.8, 4) is 0 Å². The molecule has 0 spiro atoms. The molecule has 0 rings (SSSR count). The smallest absolute Gasteiger partial charge is 0.462 e. The Morgan fingerprint density at radius 3 is 1.14 bits per heavy atom. The highest BCUT2D eigenvalue weighted by Crippen LogP contribution is 2.43. The predicted octanol–water partition coefficient (Wildman–Crippen LogP) is 16.9. The Morgan fingerprint density at radius 2 is 0.722 bits per heavy atom. The fourth-order valence-electron chi connectivity index (χ4n) is 7.69. The van der Waals surface area contributed by atoms with E-state index < -0.39 is 57.8 Å². The highest BCUT2D eigenvalue weighted by molar-refractivity contribution is 7.47. The molecule has 0 aliphatic rings. The molecule has 0 aromatic rings. The Labute approximate surface area is 439 Å². The number of carbonyl (C=O) groups is 3. The zero-order valence-electron chi connectivity index (χ0n) is 45.9. The van der Waals surface area contributed by atoms with Crippen molar-refractivity contribution in [3.63, 3.8) is 0 Å². The fourth-order valence-corrected chi connectivity index (χ4v) is 8.47. The SMILES string of the molecule is CC/C=C\C/C=C\C/C=C\C/C=C\CCCCCCC(=O)OC(COC(=O)CCCCCCC/C=C\CCCCCC)COP(=O)(O)OCC(CO)OC(=O)CCCCCCC/C=C\CCCCCCCC. The van der Waals surface area contributed by atoms with Gasteiger partial charge in [-0.05, 0) is 109 Å². The standard InChI is InChI=1S/C60H105O11P/c1-4-7-10-13-16-19-22-25-27-28-30-33-36-39-42-45-48-51-60(64)71-57(53-67-58(62)49-46-43-40-37-34-31-24-21-18-15-12-9-6-3)55-69-72(65,66)68-54-56(52-61)70-59(63)50-47-44-41-38-35-32-29-26-23-20-17-14-11-8-5-2/h7,10,16,19,21,24-27,29-30,33,56-57,61H,4-6,8-9,11-15,17-18,20,22-23,28,31-32,34-55H2,1-3H3,(H,65,66)/b10-7-,19-16-,24-21-,27-25-,29-26-,33-30-. The van der Waals surface area contributed by atoms with Crippen molar-refractivity contribution in [2.45, 2.75) is 264 Å². The van der Waals surface area contributed by atoms with Crippen LogP contribution in [0.2, 0.25) is 0 Å². The average Bonchev–Trinajstić information content (AvgIpc) is 3.37. The van der Waals surface area contributed by atoms with Gasteiger partial charge in [0.05, 0.1) is 19.8 Å². The van der Waals surface area contributed by atoms with Crippen molar-refractivity contribution in [1.29, 1.82) is 0 Å². The van der Waals surface area contributed by atoms with Gasteiger partial charge in [-0.15, -0.1) is 0 Å². The number of hydrogen-bond acceptors (Lipinski definition) is 10. The van der Waals surface area contributed by atoms with Crippen LogP contribution in [0, 0.1) is 0 Å². The quantitative estimate of drug-likeness (QED) is 0.0197. The molecule has 0 aliphatic heterocycles. The molecule has 72 heavy (non-hydrogen) atoms. The van der Waals surface area contributed by atoms with E-state index in [0.29, 0.717) is 19.3 Å². The normalized spacial score (nSPS) is 13.9. The van der Waals surface area contributed by atoms with Gasteiger partial charge in [-0.1, -0.05) is 196 Å². The molecule has 0 amide bonds. The summed E-state index contributed by atoms with van der Waals surface area (Å²) in [4.78, 5) is 48.5. The van der Waals surface area contributed by atoms with Crippen molar-refractivity contribution in [1.82, 2.24) is 0 Å². The summed E-state index contributed by atoms with van der Waals surface area (Å²) in [5, 5.41) is 9.81. The molecule has 0 aliphatic carbocycles. The van der Waals surface area contributed by atoms with E-state index in [9.17, 15) is 28.9 Å². The van der Waals surface area contributed by atoms with Crippen LogP contribution < -0.4 is 0 Å². The fraction of sp³-hybridized carbons (Fsp3) is 0.750. The lowest BCUT2D eigenvalue weighted by Gasteiger charge is -2.21. The van der Waals surface area contributed by atoms with Gasteiger partial charge in [-0.25, -0.2) is 4.57 Å². The Hall–Kier alpha value is -3.08. The van der Waals surface area contributed by atoms with Crippen molar-refractivity contribution in [2.75, 3.05) is 26.4 Å². The van der Waals surface area contributed by atoms with Crippen LogP contribution in [0.25, 0.3) is 0 Å². The first-order valence-electron chi connectivity index (χ1n) is 28.8. The van der Waals surface area contributed by atoms with Crippen LogP contribution in [0.1, 0.15) is 252 Å². The molecule has 0 radical (unpaired) electrons. The van der Waals surface area contributed by atoms with Gasteiger partial charge < -0.3 is 24.2 Å². The summed E-state index contributed by atoms with van der Waals surface area (Å²) in [6.45, 7) is 4.47. The molecule has 3 atom stereocenters. The first-order chi connectivity index (χ1) is 35.2. The highest BCUT2D eigenvalue weighted by Gasteiger charge is 2.28. The van der Waals surface area contributed by atoms with Crippen LogP contribution in [0.4, 0.5) is 0 Å². The summed E-state index contributed by atoms with van der Waals surface area (Å²) in [6.07, 6.45) is 60.0. The number of esters is 3. The van der Waals surface area contributed by atoms with Gasteiger partial charge in [0.25, 0.3) is 0 Å². The van der Waals surface area contributed by atoms with Gasteiger partial charge >= 0.3 is 25.7 Å². The molecule has 0 heterocycles. The van der Waals surface area contributed by atoms with E-state index in [1.807, 2.05) is 0 Å². The third kappa shape index (κ3) is 51.8. The third-order valence-corrected chi connectivity index (χ3v) is 13.0. The molecule has 2 N–H and O–H groups in total. The van der Waals surface area contributed by atoms with Crippen LogP contribution >= 0.6 is 7.82 Å². The van der Waals surface area contributed by atoms with E-state index >= 15 is 0 Å². The number of ether oxygens (including phenoxy) is 3. The zero-order chi connectivity index (χ0) is 52.7. The van der Waals surface area contributed by atoms with Gasteiger partial charge in [0.2, 0.25) is 0 Å². The lowest BCUT2D eigenvalue weighted by atomic mass is 10.1. The van der Waals surface area contributed by atoms with Gasteiger partial charge in [0.1, 0.15) is 12.7 Å². The van der Waals surface area contributed by atoms with E-state index in [4.69, 9.17) is 23.3 Å². The van der Waals surface area contributed by atoms with Crippen LogP contribution in [0.5, 0.6) is 0 Å². The minimum Gasteiger partial charge on any atom is -0.462 e. The first kappa shape index (κ1) is 68.9. The van der Waals surface area contributed by atoms with E-state index in [-0.39, 0.29) is 25.9 Å².